The van der Waals surface area contributed by atoms with Gasteiger partial charge in [-0.15, -0.1) is 0 Å². The number of benzene rings is 3. The topological polar surface area (TPSA) is 119 Å². The number of alkyl carbamates (subject to hydrolysis) is 1. The van der Waals surface area contributed by atoms with Crippen LogP contribution >= 0.6 is 0 Å². The molecule has 0 spiro atoms. The van der Waals surface area contributed by atoms with E-state index in [4.69, 9.17) is 10.5 Å². The predicted molar refractivity (Wildman–Crippen MR) is 118 cm³/mol. The van der Waals surface area contributed by atoms with Crippen molar-refractivity contribution >= 4 is 18.0 Å². The van der Waals surface area contributed by atoms with E-state index in [1.54, 1.807) is 18.2 Å². The number of hydrogen-bond donors (Lipinski definition) is 3. The molecule has 32 heavy (non-hydrogen) atoms. The van der Waals surface area contributed by atoms with Crippen LogP contribution in [0.1, 0.15) is 33.0 Å². The summed E-state index contributed by atoms with van der Waals surface area (Å²) in [6.45, 7) is 0.0867. The summed E-state index contributed by atoms with van der Waals surface area (Å²) in [5.74, 6) is -1.94. The van der Waals surface area contributed by atoms with Gasteiger partial charge in [-0.05, 0) is 39.9 Å². The average molecular weight is 430 g/mol. The SMILES string of the molecule is NC(=O)c1cccc(C[C@@H](NC(=O)OCC2c3ccccc3-c3ccccc32)C(=O)O)c1. The standard InChI is InChI=1S/C25H22N2O5/c26-23(28)16-7-5-6-15(12-16)13-22(24(29)30)27-25(31)32-14-21-19-10-3-1-8-17(19)18-9-2-4-11-20(18)21/h1-12,21-22H,13-14H2,(H2,26,28)(H,27,31)(H,29,30)/t22-/m1/s1. The van der Waals surface area contributed by atoms with Crippen molar-refractivity contribution in [3.63, 3.8) is 0 Å². The number of primary amides is 1. The summed E-state index contributed by atoms with van der Waals surface area (Å²) in [5, 5.41) is 11.9. The van der Waals surface area contributed by atoms with E-state index in [1.165, 1.54) is 6.07 Å². The summed E-state index contributed by atoms with van der Waals surface area (Å²) >= 11 is 0. The molecule has 0 saturated carbocycles. The monoisotopic (exact) mass is 430 g/mol. The normalized spacial score (nSPS) is 13.0. The van der Waals surface area contributed by atoms with Crippen LogP contribution in [0.4, 0.5) is 4.79 Å². The molecule has 1 atom stereocenters. The zero-order valence-electron chi connectivity index (χ0n) is 17.2. The third-order valence-corrected chi connectivity index (χ3v) is 5.59. The van der Waals surface area contributed by atoms with Gasteiger partial charge in [-0.25, -0.2) is 9.59 Å². The minimum absolute atomic E-state index is 0.0132. The Balaban J connectivity index is 1.43. The molecule has 162 valence electrons. The van der Waals surface area contributed by atoms with Crippen molar-refractivity contribution in [3.8, 4) is 11.1 Å². The second kappa shape index (κ2) is 8.93. The molecule has 0 unspecified atom stereocenters. The van der Waals surface area contributed by atoms with Crippen molar-refractivity contribution < 1.29 is 24.2 Å². The highest BCUT2D eigenvalue weighted by Crippen LogP contribution is 2.44. The Hall–Kier alpha value is -4.13. The molecule has 0 aromatic heterocycles. The smallest absolute Gasteiger partial charge is 0.407 e. The Morgan fingerprint density at radius 1 is 0.938 bits per heavy atom. The van der Waals surface area contributed by atoms with Crippen LogP contribution in [0.5, 0.6) is 0 Å². The Kier molecular flexibility index (Phi) is 5.89. The van der Waals surface area contributed by atoms with Crippen LogP contribution < -0.4 is 11.1 Å². The summed E-state index contributed by atoms with van der Waals surface area (Å²) in [6.07, 6.45) is -0.828. The molecule has 1 aliphatic rings. The van der Waals surface area contributed by atoms with Crippen LogP contribution in [-0.2, 0) is 16.0 Å². The summed E-state index contributed by atoms with van der Waals surface area (Å²) in [5.41, 5.74) is 10.5. The lowest BCUT2D eigenvalue weighted by Gasteiger charge is -2.17. The van der Waals surface area contributed by atoms with Crippen LogP contribution in [0.15, 0.2) is 72.8 Å². The second-order valence-corrected chi connectivity index (χ2v) is 7.63. The van der Waals surface area contributed by atoms with Crippen molar-refractivity contribution in [1.82, 2.24) is 5.32 Å². The fourth-order valence-corrected chi connectivity index (χ4v) is 4.07. The lowest BCUT2D eigenvalue weighted by atomic mass is 9.98. The van der Waals surface area contributed by atoms with Gasteiger partial charge in [-0.3, -0.25) is 4.79 Å². The average Bonchev–Trinajstić information content (AvgIpc) is 3.11. The third-order valence-electron chi connectivity index (χ3n) is 5.59. The third kappa shape index (κ3) is 4.32. The van der Waals surface area contributed by atoms with E-state index in [-0.39, 0.29) is 24.5 Å². The van der Waals surface area contributed by atoms with E-state index < -0.39 is 24.0 Å². The highest BCUT2D eigenvalue weighted by Gasteiger charge is 2.29. The van der Waals surface area contributed by atoms with Crippen LogP contribution in [0, 0.1) is 0 Å². The Morgan fingerprint density at radius 3 is 2.16 bits per heavy atom. The number of rotatable bonds is 7. The van der Waals surface area contributed by atoms with Crippen LogP contribution in [0.3, 0.4) is 0 Å². The number of nitrogens with one attached hydrogen (secondary N) is 1. The molecule has 0 aliphatic heterocycles. The zero-order valence-corrected chi connectivity index (χ0v) is 17.2. The number of ether oxygens (including phenoxy) is 1. The molecule has 0 saturated heterocycles. The Morgan fingerprint density at radius 2 is 1.56 bits per heavy atom. The maximum absolute atomic E-state index is 12.4. The fourth-order valence-electron chi connectivity index (χ4n) is 4.07. The summed E-state index contributed by atoms with van der Waals surface area (Å²) in [7, 11) is 0. The number of aliphatic carboxylic acids is 1. The molecule has 0 bridgehead atoms. The van der Waals surface area contributed by atoms with Crippen LogP contribution in [0.2, 0.25) is 0 Å². The minimum Gasteiger partial charge on any atom is -0.480 e. The molecule has 3 aromatic carbocycles. The molecule has 7 heteroatoms. The second-order valence-electron chi connectivity index (χ2n) is 7.63. The number of carbonyl (C=O) groups is 3. The predicted octanol–water partition coefficient (Wildman–Crippen LogP) is 3.32. The number of carboxylic acid groups (broad SMARTS) is 1. The molecule has 4 N–H and O–H groups in total. The van der Waals surface area contributed by atoms with E-state index in [1.807, 2.05) is 48.5 Å². The number of amides is 2. The maximum Gasteiger partial charge on any atom is 0.407 e. The first-order chi connectivity index (χ1) is 15.4. The largest absolute Gasteiger partial charge is 0.480 e. The van der Waals surface area contributed by atoms with Crippen LogP contribution in [-0.4, -0.2) is 35.7 Å². The lowest BCUT2D eigenvalue weighted by Crippen LogP contribution is -2.43. The molecule has 0 heterocycles. The highest BCUT2D eigenvalue weighted by molar-refractivity contribution is 5.93. The maximum atomic E-state index is 12.4. The first-order valence-corrected chi connectivity index (χ1v) is 10.2. The molecule has 1 aliphatic carbocycles. The van der Waals surface area contributed by atoms with Gasteiger partial charge in [0.05, 0.1) is 0 Å². The number of carboxylic acids is 1. The van der Waals surface area contributed by atoms with Crippen LogP contribution in [0.25, 0.3) is 11.1 Å². The first-order valence-electron chi connectivity index (χ1n) is 10.2. The van der Waals surface area contributed by atoms with Gasteiger partial charge in [-0.2, -0.15) is 0 Å². The van der Waals surface area contributed by atoms with E-state index in [0.29, 0.717) is 5.56 Å². The Bertz CT molecular complexity index is 1140. The first kappa shape index (κ1) is 21.1. The molecule has 4 rings (SSSR count). The van der Waals surface area contributed by atoms with Gasteiger partial charge < -0.3 is 20.9 Å². The summed E-state index contributed by atoms with van der Waals surface area (Å²) in [6, 6.07) is 21.0. The van der Waals surface area contributed by atoms with Gasteiger partial charge in [0.15, 0.2) is 0 Å². The molecule has 7 nitrogen and oxygen atoms in total. The Labute approximate surface area is 184 Å². The highest BCUT2D eigenvalue weighted by atomic mass is 16.5. The molecular weight excluding hydrogens is 408 g/mol. The molecule has 0 radical (unpaired) electrons. The van der Waals surface area contributed by atoms with Crippen molar-refractivity contribution in [2.45, 2.75) is 18.4 Å². The van der Waals surface area contributed by atoms with Crippen molar-refractivity contribution in [2.24, 2.45) is 5.73 Å². The van der Waals surface area contributed by atoms with Gasteiger partial charge in [0.25, 0.3) is 0 Å². The molecule has 3 aromatic rings. The summed E-state index contributed by atoms with van der Waals surface area (Å²) < 4.78 is 5.43. The van der Waals surface area contributed by atoms with Gasteiger partial charge in [0.1, 0.15) is 12.6 Å². The van der Waals surface area contributed by atoms with Crippen molar-refractivity contribution in [1.29, 1.82) is 0 Å². The van der Waals surface area contributed by atoms with E-state index in [2.05, 4.69) is 5.32 Å². The van der Waals surface area contributed by atoms with E-state index in [0.717, 1.165) is 22.3 Å². The van der Waals surface area contributed by atoms with Crippen molar-refractivity contribution in [3.05, 3.63) is 95.1 Å². The molecular formula is C25H22N2O5. The van der Waals surface area contributed by atoms with Crippen molar-refractivity contribution in [2.75, 3.05) is 6.61 Å². The quantitative estimate of drug-likeness (QED) is 0.531. The molecule has 0 fully saturated rings. The molecule has 2 amide bonds. The minimum atomic E-state index is -1.21. The summed E-state index contributed by atoms with van der Waals surface area (Å²) in [4.78, 5) is 35.5. The number of carbonyl (C=O) groups excluding carboxylic acids is 2. The lowest BCUT2D eigenvalue weighted by molar-refractivity contribution is -0.139. The number of fused-ring (bicyclic) bond motifs is 3. The van der Waals surface area contributed by atoms with Gasteiger partial charge in [0.2, 0.25) is 5.91 Å². The number of nitrogens with two attached hydrogens (primary N) is 1. The van der Waals surface area contributed by atoms with Gasteiger partial charge in [-0.1, -0.05) is 60.7 Å². The fraction of sp³-hybridized carbons (Fsp3) is 0.160. The van der Waals surface area contributed by atoms with Gasteiger partial charge >= 0.3 is 12.1 Å². The zero-order chi connectivity index (χ0) is 22.7. The van der Waals surface area contributed by atoms with Gasteiger partial charge in [0, 0.05) is 17.9 Å². The van der Waals surface area contributed by atoms with E-state index in [9.17, 15) is 19.5 Å². The van der Waals surface area contributed by atoms with E-state index >= 15 is 0 Å². The number of hydrogen-bond acceptors (Lipinski definition) is 4.